The first kappa shape index (κ1) is 59.7. The van der Waals surface area contributed by atoms with Crippen molar-refractivity contribution in [1.29, 1.82) is 0 Å². The zero-order chi connectivity index (χ0) is 45.0. The lowest BCUT2D eigenvalue weighted by atomic mass is 10.0. The van der Waals surface area contributed by atoms with E-state index < -0.39 is 6.29 Å². The van der Waals surface area contributed by atoms with Crippen molar-refractivity contribution in [3.8, 4) is 0 Å². The van der Waals surface area contributed by atoms with E-state index in [2.05, 4.69) is 34.6 Å². The van der Waals surface area contributed by atoms with Gasteiger partial charge in [-0.25, -0.2) is 0 Å². The van der Waals surface area contributed by atoms with E-state index in [1.807, 2.05) is 18.7 Å². The highest BCUT2D eigenvalue weighted by Crippen LogP contribution is 2.24. The highest BCUT2D eigenvalue weighted by Gasteiger charge is 2.27. The predicted molar refractivity (Wildman–Crippen MR) is 258 cm³/mol. The summed E-state index contributed by atoms with van der Waals surface area (Å²) in [6.45, 7) is 13.5. The van der Waals surface area contributed by atoms with E-state index in [1.54, 1.807) is 7.11 Å². The Kier molecular flexibility index (Phi) is 44.3. The molecule has 0 fully saturated rings. The summed E-state index contributed by atoms with van der Waals surface area (Å²) in [6.07, 6.45) is 34.7. The van der Waals surface area contributed by atoms with Crippen LogP contribution in [-0.2, 0) is 38.1 Å². The Morgan fingerprint density at radius 3 is 1.25 bits per heavy atom. The topological polar surface area (TPSA) is 97.4 Å². The zero-order valence-electron chi connectivity index (χ0n) is 41.2. The molecule has 0 aliphatic heterocycles. The highest BCUT2D eigenvalue weighted by molar-refractivity contribution is 7.99. The second-order valence-electron chi connectivity index (χ2n) is 17.7. The van der Waals surface area contributed by atoms with Gasteiger partial charge in [0.25, 0.3) is 0 Å². The quantitative estimate of drug-likeness (QED) is 0.0256. The van der Waals surface area contributed by atoms with E-state index in [9.17, 15) is 14.4 Å². The summed E-state index contributed by atoms with van der Waals surface area (Å²) in [6, 6.07) is 0. The van der Waals surface area contributed by atoms with Gasteiger partial charge in [0.1, 0.15) is 18.3 Å². The molecule has 2 atom stereocenters. The van der Waals surface area contributed by atoms with Gasteiger partial charge in [-0.2, -0.15) is 11.8 Å². The molecular formula is C52H100O8S. The van der Waals surface area contributed by atoms with E-state index in [0.29, 0.717) is 25.9 Å². The van der Waals surface area contributed by atoms with Crippen molar-refractivity contribution >= 4 is 29.7 Å². The molecule has 0 aromatic carbocycles. The molecule has 0 amide bonds. The van der Waals surface area contributed by atoms with Crippen LogP contribution in [0.5, 0.6) is 0 Å². The number of methoxy groups -OCH3 is 1. The maximum Gasteiger partial charge on any atom is 0.310 e. The minimum Gasteiger partial charge on any atom is -0.462 e. The Balaban J connectivity index is 5.06. The minimum absolute atomic E-state index is 0.0302. The molecule has 0 N–H and O–H groups in total. The molecule has 61 heavy (non-hydrogen) atoms. The molecule has 362 valence electrons. The van der Waals surface area contributed by atoms with Gasteiger partial charge in [0.2, 0.25) is 0 Å². The number of esters is 3. The lowest BCUT2D eigenvalue weighted by molar-refractivity contribution is -0.163. The van der Waals surface area contributed by atoms with Gasteiger partial charge in [0.15, 0.2) is 6.29 Å². The van der Waals surface area contributed by atoms with Crippen LogP contribution in [0.2, 0.25) is 0 Å². The summed E-state index contributed by atoms with van der Waals surface area (Å²) in [5.74, 6) is 1.35. The first-order valence-corrected chi connectivity index (χ1v) is 27.2. The number of hydrogen-bond donors (Lipinski definition) is 0. The summed E-state index contributed by atoms with van der Waals surface area (Å²) < 4.78 is 29.5. The molecule has 0 heterocycles. The first-order valence-electron chi connectivity index (χ1n) is 26.1. The van der Waals surface area contributed by atoms with E-state index in [4.69, 9.17) is 23.7 Å². The van der Waals surface area contributed by atoms with Gasteiger partial charge in [-0.1, -0.05) is 163 Å². The van der Waals surface area contributed by atoms with Crippen LogP contribution in [0.1, 0.15) is 260 Å². The van der Waals surface area contributed by atoms with Gasteiger partial charge in [-0.15, -0.1) is 0 Å². The predicted octanol–water partition coefficient (Wildman–Crippen LogP) is 15.4. The van der Waals surface area contributed by atoms with Crippen molar-refractivity contribution in [2.45, 2.75) is 284 Å². The van der Waals surface area contributed by atoms with Crippen LogP contribution in [0.3, 0.4) is 0 Å². The average molecular weight is 885 g/mol. The Morgan fingerprint density at radius 2 is 0.820 bits per heavy atom. The zero-order valence-corrected chi connectivity index (χ0v) is 42.0. The Morgan fingerprint density at radius 1 is 0.443 bits per heavy atom. The third-order valence-electron chi connectivity index (χ3n) is 11.8. The number of hydrogen-bond acceptors (Lipinski definition) is 9. The summed E-state index contributed by atoms with van der Waals surface area (Å²) in [5, 5.41) is 0. The van der Waals surface area contributed by atoms with Crippen molar-refractivity contribution in [2.24, 2.45) is 5.92 Å². The molecule has 0 aliphatic carbocycles. The van der Waals surface area contributed by atoms with Crippen molar-refractivity contribution in [3.05, 3.63) is 0 Å². The molecule has 0 saturated carbocycles. The molecule has 2 unspecified atom stereocenters. The summed E-state index contributed by atoms with van der Waals surface area (Å²) >= 11 is 1.86. The van der Waals surface area contributed by atoms with Gasteiger partial charge in [-0.05, 0) is 83.3 Å². The molecule has 0 bridgehead atoms. The molecule has 8 nitrogen and oxygen atoms in total. The lowest BCUT2D eigenvalue weighted by Crippen LogP contribution is -2.30. The number of carbonyl (C=O) groups is 3. The Hall–Kier alpha value is -1.32. The highest BCUT2D eigenvalue weighted by atomic mass is 32.2. The maximum absolute atomic E-state index is 13.9. The third kappa shape index (κ3) is 37.7. The van der Waals surface area contributed by atoms with Gasteiger partial charge >= 0.3 is 17.9 Å². The fraction of sp³-hybridized carbons (Fsp3) is 0.942. The van der Waals surface area contributed by atoms with Crippen LogP contribution in [-0.4, -0.2) is 67.7 Å². The van der Waals surface area contributed by atoms with E-state index in [0.717, 1.165) is 178 Å². The van der Waals surface area contributed by atoms with Crippen LogP contribution in [0.4, 0.5) is 0 Å². The molecular weight excluding hydrogens is 785 g/mol. The number of ether oxygens (including phenoxy) is 5. The van der Waals surface area contributed by atoms with E-state index in [-0.39, 0.29) is 42.1 Å². The number of unbranched alkanes of at least 4 members (excludes halogenated alkanes) is 18. The molecule has 0 spiro atoms. The maximum atomic E-state index is 13.9. The largest absolute Gasteiger partial charge is 0.462 e. The van der Waals surface area contributed by atoms with Gasteiger partial charge in [0.05, 0.1) is 5.92 Å². The van der Waals surface area contributed by atoms with Crippen LogP contribution in [0.15, 0.2) is 0 Å². The smallest absolute Gasteiger partial charge is 0.310 e. The number of thioether (sulfide) groups is 1. The monoisotopic (exact) mass is 885 g/mol. The average Bonchev–Trinajstić information content (AvgIpc) is 3.25. The third-order valence-corrected chi connectivity index (χ3v) is 13.1. The van der Waals surface area contributed by atoms with Crippen molar-refractivity contribution in [1.82, 2.24) is 0 Å². The van der Waals surface area contributed by atoms with Gasteiger partial charge in [-0.3, -0.25) is 14.4 Å². The SMILES string of the molecule is CCCCCCCSCC(CC(OC)OCC)C(=O)OC(CCCCCCCCC(=O)OC(CCCC)CCCC)CCCCCCCCC(=O)OC(CCCC)CCCC. The van der Waals surface area contributed by atoms with E-state index in [1.165, 1.54) is 32.1 Å². The molecule has 0 saturated heterocycles. The second kappa shape index (κ2) is 45.3. The van der Waals surface area contributed by atoms with Crippen molar-refractivity contribution in [3.63, 3.8) is 0 Å². The lowest BCUT2D eigenvalue weighted by Gasteiger charge is -2.25. The molecule has 0 aliphatic rings. The number of carbonyl (C=O) groups excluding carboxylic acids is 3. The second-order valence-corrected chi connectivity index (χ2v) is 18.9. The molecule has 0 rings (SSSR count). The molecule has 9 heteroatoms. The van der Waals surface area contributed by atoms with Crippen molar-refractivity contribution in [2.75, 3.05) is 25.2 Å². The van der Waals surface area contributed by atoms with Crippen molar-refractivity contribution < 1.29 is 38.1 Å². The Labute approximate surface area is 382 Å². The van der Waals surface area contributed by atoms with Crippen LogP contribution < -0.4 is 0 Å². The van der Waals surface area contributed by atoms with Crippen LogP contribution in [0, 0.1) is 5.92 Å². The molecule has 0 radical (unpaired) electrons. The first-order chi connectivity index (χ1) is 29.8. The summed E-state index contributed by atoms with van der Waals surface area (Å²) in [7, 11) is 1.65. The molecule has 0 aromatic heterocycles. The Bertz CT molecular complexity index is 913. The fourth-order valence-electron chi connectivity index (χ4n) is 7.88. The van der Waals surface area contributed by atoms with Gasteiger partial charge < -0.3 is 23.7 Å². The standard InChI is InChI=1S/C52H100O8S/c1-8-14-19-28-33-42-61-44-45(43-51(56-7)57-13-6)52(55)60-48(38-29-24-20-22-26-31-40-49(53)58-46(34-15-9-2)35-16-10-3)39-30-25-21-23-27-32-41-50(54)59-47(36-17-11-4)37-18-12-5/h45-48,51H,8-44H2,1-7H3. The minimum atomic E-state index is -0.415. The summed E-state index contributed by atoms with van der Waals surface area (Å²) in [4.78, 5) is 38.9. The normalized spacial score (nSPS) is 12.7. The summed E-state index contributed by atoms with van der Waals surface area (Å²) in [5.41, 5.74) is 0. The van der Waals surface area contributed by atoms with Crippen LogP contribution in [0.25, 0.3) is 0 Å². The molecule has 0 aromatic rings. The number of rotatable bonds is 47. The van der Waals surface area contributed by atoms with Crippen LogP contribution >= 0.6 is 11.8 Å². The fourth-order valence-corrected chi connectivity index (χ4v) is 9.01. The van der Waals surface area contributed by atoms with Gasteiger partial charge in [0, 0.05) is 38.7 Å². The van der Waals surface area contributed by atoms with E-state index >= 15 is 0 Å².